The lowest BCUT2D eigenvalue weighted by Gasteiger charge is -2.29. The average molecular weight is 166 g/mol. The monoisotopic (exact) mass is 165 g/mol. The van der Waals surface area contributed by atoms with Crippen molar-refractivity contribution in [2.24, 2.45) is 11.7 Å². The van der Waals surface area contributed by atoms with Gasteiger partial charge in [0.1, 0.15) is 0 Å². The van der Waals surface area contributed by atoms with Crippen LogP contribution in [0.1, 0.15) is 26.2 Å². The molecule has 3 N–H and O–H groups in total. The molecule has 3 atom stereocenters. The van der Waals surface area contributed by atoms with Gasteiger partial charge in [0.05, 0.1) is 6.10 Å². The smallest absolute Gasteiger partial charge is 0.0580 e. The van der Waals surface area contributed by atoms with Gasteiger partial charge >= 0.3 is 0 Å². The largest absolute Gasteiger partial charge is 0.393 e. The van der Waals surface area contributed by atoms with Gasteiger partial charge in [-0.25, -0.2) is 0 Å². The molecule has 2 nitrogen and oxygen atoms in total. The summed E-state index contributed by atoms with van der Waals surface area (Å²) >= 11 is 0. The van der Waals surface area contributed by atoms with Crippen LogP contribution in [0.25, 0.3) is 0 Å². The fourth-order valence-electron chi connectivity index (χ4n) is 1.37. The highest BCUT2D eigenvalue weighted by Gasteiger charge is 2.24. The molecule has 3 heteroatoms. The lowest BCUT2D eigenvalue weighted by Crippen LogP contribution is -2.39. The molecule has 62 valence electrons. The van der Waals surface area contributed by atoms with Gasteiger partial charge in [-0.3, -0.25) is 0 Å². The molecule has 0 unspecified atom stereocenters. The van der Waals surface area contributed by atoms with Crippen LogP contribution in [0.3, 0.4) is 0 Å². The van der Waals surface area contributed by atoms with Crippen LogP contribution in [0, 0.1) is 5.92 Å². The zero-order valence-electron chi connectivity index (χ0n) is 6.29. The fourth-order valence-corrected chi connectivity index (χ4v) is 1.37. The molecule has 10 heavy (non-hydrogen) atoms. The molecule has 0 bridgehead atoms. The molecule has 0 aromatic carbocycles. The zero-order valence-corrected chi connectivity index (χ0v) is 7.10. The number of hydrogen-bond donors (Lipinski definition) is 2. The van der Waals surface area contributed by atoms with E-state index in [9.17, 15) is 5.11 Å². The van der Waals surface area contributed by atoms with Crippen LogP contribution in [-0.2, 0) is 0 Å². The van der Waals surface area contributed by atoms with Crippen molar-refractivity contribution in [1.29, 1.82) is 0 Å². The highest BCUT2D eigenvalue weighted by molar-refractivity contribution is 5.85. The number of rotatable bonds is 0. The van der Waals surface area contributed by atoms with Crippen molar-refractivity contribution in [3.63, 3.8) is 0 Å². The predicted molar refractivity (Wildman–Crippen MR) is 44.2 cm³/mol. The summed E-state index contributed by atoms with van der Waals surface area (Å²) in [6, 6.07) is 0.230. The molecule has 0 saturated heterocycles. The lowest BCUT2D eigenvalue weighted by molar-refractivity contribution is 0.0671. The maximum atomic E-state index is 9.27. The normalized spacial score (nSPS) is 40.5. The van der Waals surface area contributed by atoms with E-state index in [1.807, 2.05) is 6.92 Å². The van der Waals surface area contributed by atoms with Crippen LogP contribution in [-0.4, -0.2) is 17.3 Å². The van der Waals surface area contributed by atoms with Crippen LogP contribution in [0.4, 0.5) is 0 Å². The Morgan fingerprint density at radius 3 is 2.40 bits per heavy atom. The Labute approximate surface area is 68.2 Å². The quantitative estimate of drug-likeness (QED) is 0.561. The second-order valence-corrected chi connectivity index (χ2v) is 3.02. The Balaban J connectivity index is 0.000000810. The minimum Gasteiger partial charge on any atom is -0.393 e. The summed E-state index contributed by atoms with van der Waals surface area (Å²) in [6.07, 6.45) is 2.97. The molecule has 1 aliphatic rings. The molecule has 1 aliphatic carbocycles. The van der Waals surface area contributed by atoms with Crippen molar-refractivity contribution in [3.05, 3.63) is 0 Å². The van der Waals surface area contributed by atoms with E-state index in [4.69, 9.17) is 5.73 Å². The van der Waals surface area contributed by atoms with E-state index in [0.717, 1.165) is 19.3 Å². The van der Waals surface area contributed by atoms with Gasteiger partial charge in [-0.2, -0.15) is 0 Å². The Morgan fingerprint density at radius 1 is 1.40 bits per heavy atom. The van der Waals surface area contributed by atoms with Crippen LogP contribution >= 0.6 is 12.4 Å². The standard InChI is InChI=1S/C7H15NO.ClH/c1-5-6(8)3-2-4-7(5)9;/h5-7,9H,2-4,8H2,1H3;1H/t5-,6-,7+;/m0./s1. The van der Waals surface area contributed by atoms with Crippen LogP contribution in [0.5, 0.6) is 0 Å². The molecular formula is C7H16ClNO. The zero-order chi connectivity index (χ0) is 6.85. The Kier molecular flexibility index (Phi) is 4.25. The van der Waals surface area contributed by atoms with Gasteiger partial charge in [-0.1, -0.05) is 6.92 Å². The molecule has 1 fully saturated rings. The summed E-state index contributed by atoms with van der Waals surface area (Å²) < 4.78 is 0. The third-order valence-electron chi connectivity index (χ3n) is 2.32. The van der Waals surface area contributed by atoms with E-state index < -0.39 is 0 Å². The average Bonchev–Trinajstić information content (AvgIpc) is 1.83. The summed E-state index contributed by atoms with van der Waals surface area (Å²) in [7, 11) is 0. The third-order valence-corrected chi connectivity index (χ3v) is 2.32. The number of halogens is 1. The first-order valence-electron chi connectivity index (χ1n) is 3.65. The molecule has 0 radical (unpaired) electrons. The lowest BCUT2D eigenvalue weighted by atomic mass is 9.84. The first-order chi connectivity index (χ1) is 4.22. The van der Waals surface area contributed by atoms with Crippen molar-refractivity contribution in [2.75, 3.05) is 0 Å². The van der Waals surface area contributed by atoms with E-state index in [1.54, 1.807) is 0 Å². The summed E-state index contributed by atoms with van der Waals surface area (Å²) in [5.41, 5.74) is 5.71. The molecule has 0 aromatic heterocycles. The van der Waals surface area contributed by atoms with Crippen molar-refractivity contribution >= 4 is 12.4 Å². The molecule has 0 amide bonds. The highest BCUT2D eigenvalue weighted by Crippen LogP contribution is 2.22. The topological polar surface area (TPSA) is 46.2 Å². The van der Waals surface area contributed by atoms with Gasteiger partial charge in [0.2, 0.25) is 0 Å². The van der Waals surface area contributed by atoms with Gasteiger partial charge < -0.3 is 10.8 Å². The molecule has 0 aliphatic heterocycles. The predicted octanol–water partition coefficient (Wildman–Crippen LogP) is 0.916. The summed E-state index contributed by atoms with van der Waals surface area (Å²) in [5, 5.41) is 9.27. The Morgan fingerprint density at radius 2 is 2.00 bits per heavy atom. The number of hydrogen-bond acceptors (Lipinski definition) is 2. The molecule has 1 saturated carbocycles. The second kappa shape index (κ2) is 4.16. The van der Waals surface area contributed by atoms with Gasteiger partial charge in [0, 0.05) is 6.04 Å². The number of aliphatic hydroxyl groups is 1. The molecular weight excluding hydrogens is 150 g/mol. The van der Waals surface area contributed by atoms with Gasteiger partial charge in [-0.15, -0.1) is 12.4 Å². The maximum absolute atomic E-state index is 9.27. The van der Waals surface area contributed by atoms with Gasteiger partial charge in [0.25, 0.3) is 0 Å². The summed E-state index contributed by atoms with van der Waals surface area (Å²) in [5.74, 6) is 0.304. The minimum absolute atomic E-state index is 0. The summed E-state index contributed by atoms with van der Waals surface area (Å²) in [4.78, 5) is 0. The van der Waals surface area contributed by atoms with Crippen molar-refractivity contribution in [2.45, 2.75) is 38.3 Å². The van der Waals surface area contributed by atoms with Crippen molar-refractivity contribution in [1.82, 2.24) is 0 Å². The maximum Gasteiger partial charge on any atom is 0.0580 e. The fraction of sp³-hybridized carbons (Fsp3) is 1.00. The van der Waals surface area contributed by atoms with E-state index in [0.29, 0.717) is 5.92 Å². The molecule has 0 heterocycles. The number of nitrogens with two attached hydrogens (primary N) is 1. The van der Waals surface area contributed by atoms with E-state index in [2.05, 4.69) is 0 Å². The third kappa shape index (κ3) is 2.11. The first-order valence-corrected chi connectivity index (χ1v) is 3.65. The van der Waals surface area contributed by atoms with Crippen molar-refractivity contribution < 1.29 is 5.11 Å². The van der Waals surface area contributed by atoms with Crippen LogP contribution < -0.4 is 5.73 Å². The first kappa shape index (κ1) is 10.2. The van der Waals surface area contributed by atoms with Gasteiger partial charge in [-0.05, 0) is 25.2 Å². The van der Waals surface area contributed by atoms with E-state index >= 15 is 0 Å². The minimum atomic E-state index is -0.145. The number of aliphatic hydroxyl groups excluding tert-OH is 1. The summed E-state index contributed by atoms with van der Waals surface area (Å²) in [6.45, 7) is 2.02. The van der Waals surface area contributed by atoms with Crippen LogP contribution in [0.15, 0.2) is 0 Å². The SMILES string of the molecule is C[C@@H]1[C@H](O)CCC[C@@H]1N.Cl. The Hall–Kier alpha value is 0.210. The van der Waals surface area contributed by atoms with E-state index in [1.165, 1.54) is 0 Å². The second-order valence-electron chi connectivity index (χ2n) is 3.02. The van der Waals surface area contributed by atoms with Gasteiger partial charge in [0.15, 0.2) is 0 Å². The molecule has 0 spiro atoms. The molecule has 1 rings (SSSR count). The highest BCUT2D eigenvalue weighted by atomic mass is 35.5. The van der Waals surface area contributed by atoms with E-state index in [-0.39, 0.29) is 24.6 Å². The molecule has 0 aromatic rings. The Bertz CT molecular complexity index is 89.6. The van der Waals surface area contributed by atoms with Crippen LogP contribution in [0.2, 0.25) is 0 Å². The van der Waals surface area contributed by atoms with Crippen molar-refractivity contribution in [3.8, 4) is 0 Å².